The molecule has 0 atom stereocenters. The molecule has 0 aliphatic rings. The van der Waals surface area contributed by atoms with Crippen molar-refractivity contribution in [3.63, 3.8) is 0 Å². The molecule has 0 aliphatic heterocycles. The molecule has 0 spiro atoms. The van der Waals surface area contributed by atoms with E-state index >= 15 is 0 Å². The van der Waals surface area contributed by atoms with E-state index in [-0.39, 0.29) is 5.56 Å². The minimum Gasteiger partial charge on any atom is -0.493 e. The van der Waals surface area contributed by atoms with E-state index in [0.29, 0.717) is 33.7 Å². The summed E-state index contributed by atoms with van der Waals surface area (Å²) in [4.78, 5) is 21.6. The van der Waals surface area contributed by atoms with Crippen LogP contribution in [0.2, 0.25) is 0 Å². The molecule has 0 aliphatic carbocycles. The van der Waals surface area contributed by atoms with Gasteiger partial charge >= 0.3 is 5.97 Å². The molecule has 0 bridgehead atoms. The molecule has 1 heterocycles. The van der Waals surface area contributed by atoms with E-state index in [1.807, 2.05) is 27.7 Å². The molecule has 0 saturated heterocycles. The molecule has 0 amide bonds. The van der Waals surface area contributed by atoms with E-state index in [0.717, 1.165) is 5.75 Å². The van der Waals surface area contributed by atoms with Gasteiger partial charge in [-0.1, -0.05) is 18.7 Å². The van der Waals surface area contributed by atoms with Crippen molar-refractivity contribution in [2.24, 2.45) is 0 Å². The van der Waals surface area contributed by atoms with E-state index in [4.69, 9.17) is 18.9 Å². The molecule has 1 aromatic heterocycles. The van der Waals surface area contributed by atoms with Crippen molar-refractivity contribution in [3.8, 4) is 28.5 Å². The lowest BCUT2D eigenvalue weighted by molar-refractivity contribution is 0.00694. The van der Waals surface area contributed by atoms with Crippen LogP contribution in [0.3, 0.4) is 0 Å². The van der Waals surface area contributed by atoms with E-state index in [9.17, 15) is 4.79 Å². The van der Waals surface area contributed by atoms with Crippen molar-refractivity contribution < 1.29 is 23.7 Å². The highest BCUT2D eigenvalue weighted by molar-refractivity contribution is 7.99. The Morgan fingerprint density at radius 3 is 2.14 bits per heavy atom. The predicted octanol–water partition coefficient (Wildman–Crippen LogP) is 4.24. The summed E-state index contributed by atoms with van der Waals surface area (Å²) in [6, 6.07) is 3.50. The lowest BCUT2D eigenvalue weighted by Crippen LogP contribution is -2.24. The molecular weight excluding hydrogens is 380 g/mol. The first-order chi connectivity index (χ1) is 13.2. The second-order valence-electron chi connectivity index (χ2n) is 6.76. The Morgan fingerprint density at radius 1 is 1.07 bits per heavy atom. The number of benzene rings is 1. The zero-order chi connectivity index (χ0) is 20.9. The molecule has 2 aromatic rings. The van der Waals surface area contributed by atoms with E-state index in [1.165, 1.54) is 39.3 Å². The maximum Gasteiger partial charge on any atom is 0.342 e. The Labute approximate surface area is 169 Å². The standard InChI is InChI=1S/C20H26N2O5S/c1-8-28-19-21-11-13(18(23)27-20(2,3)4)16(22-19)12-9-14(24-5)17(26-7)15(10-12)25-6/h9-11H,8H2,1-7H3. The summed E-state index contributed by atoms with van der Waals surface area (Å²) in [5.41, 5.74) is 0.709. The molecule has 0 unspecified atom stereocenters. The summed E-state index contributed by atoms with van der Waals surface area (Å²) >= 11 is 1.48. The van der Waals surface area contributed by atoms with Gasteiger partial charge in [-0.05, 0) is 38.7 Å². The first kappa shape index (κ1) is 21.8. The predicted molar refractivity (Wildman–Crippen MR) is 109 cm³/mol. The first-order valence-electron chi connectivity index (χ1n) is 8.77. The van der Waals surface area contributed by atoms with Crippen LogP contribution >= 0.6 is 11.8 Å². The summed E-state index contributed by atoms with van der Waals surface area (Å²) in [5, 5.41) is 0.568. The average molecular weight is 407 g/mol. The van der Waals surface area contributed by atoms with Crippen LogP contribution in [0.5, 0.6) is 17.2 Å². The van der Waals surface area contributed by atoms with Crippen molar-refractivity contribution in [1.82, 2.24) is 9.97 Å². The third-order valence-electron chi connectivity index (χ3n) is 3.60. The molecular formula is C20H26N2O5S. The van der Waals surface area contributed by atoms with Gasteiger partial charge in [0.1, 0.15) is 11.2 Å². The van der Waals surface area contributed by atoms with Gasteiger partial charge in [-0.25, -0.2) is 14.8 Å². The number of nitrogens with zero attached hydrogens (tertiary/aromatic N) is 2. The van der Waals surface area contributed by atoms with E-state index in [2.05, 4.69) is 9.97 Å². The normalized spacial score (nSPS) is 11.1. The number of carbonyl (C=O) groups excluding carboxylic acids is 1. The van der Waals surface area contributed by atoms with Gasteiger partial charge in [-0.3, -0.25) is 0 Å². The number of methoxy groups -OCH3 is 3. The number of esters is 1. The maximum atomic E-state index is 12.8. The highest BCUT2D eigenvalue weighted by Gasteiger charge is 2.24. The molecule has 0 saturated carbocycles. The molecule has 8 heteroatoms. The van der Waals surface area contributed by atoms with Gasteiger partial charge in [-0.2, -0.15) is 0 Å². The summed E-state index contributed by atoms with van der Waals surface area (Å²) in [7, 11) is 4.61. The van der Waals surface area contributed by atoms with E-state index in [1.54, 1.807) is 12.1 Å². The number of rotatable bonds is 7. The Kier molecular flexibility index (Phi) is 7.12. The van der Waals surface area contributed by atoms with Gasteiger partial charge in [0.15, 0.2) is 16.7 Å². The summed E-state index contributed by atoms with van der Waals surface area (Å²) < 4.78 is 21.8. The third-order valence-corrected chi connectivity index (χ3v) is 4.34. The number of hydrogen-bond donors (Lipinski definition) is 0. The minimum atomic E-state index is -0.638. The van der Waals surface area contributed by atoms with Gasteiger partial charge in [0, 0.05) is 11.8 Å². The van der Waals surface area contributed by atoms with Crippen molar-refractivity contribution in [1.29, 1.82) is 0 Å². The highest BCUT2D eigenvalue weighted by Crippen LogP contribution is 2.41. The first-order valence-corrected chi connectivity index (χ1v) is 9.76. The van der Waals surface area contributed by atoms with Crippen LogP contribution < -0.4 is 14.2 Å². The maximum absolute atomic E-state index is 12.8. The monoisotopic (exact) mass is 406 g/mol. The smallest absolute Gasteiger partial charge is 0.342 e. The van der Waals surface area contributed by atoms with Gasteiger partial charge in [0.25, 0.3) is 0 Å². The van der Waals surface area contributed by atoms with Crippen LogP contribution in [0.4, 0.5) is 0 Å². The molecule has 0 N–H and O–H groups in total. The summed E-state index contributed by atoms with van der Waals surface area (Å²) in [5.74, 6) is 1.71. The van der Waals surface area contributed by atoms with Crippen molar-refractivity contribution in [2.75, 3.05) is 27.1 Å². The fourth-order valence-corrected chi connectivity index (χ4v) is 3.03. The Balaban J connectivity index is 2.67. The van der Waals surface area contributed by atoms with Crippen LogP contribution in [-0.2, 0) is 4.74 Å². The largest absolute Gasteiger partial charge is 0.493 e. The molecule has 0 fully saturated rings. The SMILES string of the molecule is CCSc1ncc(C(=O)OC(C)(C)C)c(-c2cc(OC)c(OC)c(OC)c2)n1. The highest BCUT2D eigenvalue weighted by atomic mass is 32.2. The number of hydrogen-bond acceptors (Lipinski definition) is 8. The second kappa shape index (κ2) is 9.14. The average Bonchev–Trinajstić information content (AvgIpc) is 2.65. The Morgan fingerprint density at radius 2 is 1.68 bits per heavy atom. The minimum absolute atomic E-state index is 0.268. The molecule has 0 radical (unpaired) electrons. The van der Waals surface area contributed by atoms with Crippen LogP contribution in [0.15, 0.2) is 23.5 Å². The van der Waals surface area contributed by atoms with Gasteiger partial charge in [0.2, 0.25) is 5.75 Å². The van der Waals surface area contributed by atoms with Crippen molar-refractivity contribution in [3.05, 3.63) is 23.9 Å². The van der Waals surface area contributed by atoms with Crippen LogP contribution in [-0.4, -0.2) is 48.6 Å². The fourth-order valence-electron chi connectivity index (χ4n) is 2.48. The molecule has 152 valence electrons. The number of ether oxygens (including phenoxy) is 4. The zero-order valence-corrected chi connectivity index (χ0v) is 18.1. The summed E-state index contributed by atoms with van der Waals surface area (Å²) in [6.07, 6.45) is 1.50. The topological polar surface area (TPSA) is 79.8 Å². The van der Waals surface area contributed by atoms with Crippen LogP contribution in [0, 0.1) is 0 Å². The zero-order valence-electron chi connectivity index (χ0n) is 17.3. The second-order valence-corrected chi connectivity index (χ2v) is 7.99. The molecule has 2 rings (SSSR count). The molecule has 28 heavy (non-hydrogen) atoms. The van der Waals surface area contributed by atoms with Crippen LogP contribution in [0.1, 0.15) is 38.1 Å². The lowest BCUT2D eigenvalue weighted by atomic mass is 10.1. The summed E-state index contributed by atoms with van der Waals surface area (Å²) in [6.45, 7) is 7.44. The Hall–Kier alpha value is -2.48. The fraction of sp³-hybridized carbons (Fsp3) is 0.450. The van der Waals surface area contributed by atoms with Crippen molar-refractivity contribution in [2.45, 2.75) is 38.5 Å². The van der Waals surface area contributed by atoms with E-state index < -0.39 is 11.6 Å². The van der Waals surface area contributed by atoms with Gasteiger partial charge in [-0.15, -0.1) is 0 Å². The number of aromatic nitrogens is 2. The molecule has 7 nitrogen and oxygen atoms in total. The third kappa shape index (κ3) is 5.07. The molecule has 1 aromatic carbocycles. The Bertz CT molecular complexity index is 824. The van der Waals surface area contributed by atoms with Gasteiger partial charge < -0.3 is 18.9 Å². The lowest BCUT2D eigenvalue weighted by Gasteiger charge is -2.20. The van der Waals surface area contributed by atoms with Crippen molar-refractivity contribution >= 4 is 17.7 Å². The van der Waals surface area contributed by atoms with Gasteiger partial charge in [0.05, 0.1) is 27.0 Å². The number of thioether (sulfide) groups is 1. The quantitative estimate of drug-likeness (QED) is 0.384. The van der Waals surface area contributed by atoms with Crippen LogP contribution in [0.25, 0.3) is 11.3 Å². The number of carbonyl (C=O) groups is 1.